The van der Waals surface area contributed by atoms with Crippen LogP contribution in [0.25, 0.3) is 0 Å². The topological polar surface area (TPSA) is 109 Å². The van der Waals surface area contributed by atoms with E-state index in [2.05, 4.69) is 0 Å². The Labute approximate surface area is 90.2 Å². The molecule has 0 spiro atoms. The van der Waals surface area contributed by atoms with Gasteiger partial charge in [-0.25, -0.2) is 0 Å². The van der Waals surface area contributed by atoms with Crippen molar-refractivity contribution in [2.24, 2.45) is 0 Å². The molecule has 0 aromatic carbocycles. The second-order valence-corrected chi connectivity index (χ2v) is 6.48. The van der Waals surface area contributed by atoms with E-state index in [9.17, 15) is 16.8 Å². The van der Waals surface area contributed by atoms with Crippen molar-refractivity contribution in [3.8, 4) is 0 Å². The van der Waals surface area contributed by atoms with Gasteiger partial charge in [-0.15, -0.1) is 0 Å². The largest absolute Gasteiger partial charge is 0.286 e. The number of unbranched alkanes of at least 4 members (excludes halogenated alkanes) is 4. The highest BCUT2D eigenvalue weighted by Crippen LogP contribution is 2.05. The van der Waals surface area contributed by atoms with E-state index in [0.717, 1.165) is 0 Å². The second kappa shape index (κ2) is 6.41. The molecule has 0 atom stereocenters. The summed E-state index contributed by atoms with van der Waals surface area (Å²) in [5.74, 6) is -0.517. The molecule has 0 saturated heterocycles. The molecule has 0 amide bonds. The first-order chi connectivity index (χ1) is 6.71. The Morgan fingerprint density at radius 3 is 1.13 bits per heavy atom. The fourth-order valence-corrected chi connectivity index (χ4v) is 2.24. The maximum Gasteiger partial charge on any atom is 0.264 e. The molecule has 0 aromatic heterocycles. The zero-order valence-electron chi connectivity index (χ0n) is 8.29. The first-order valence-corrected chi connectivity index (χ1v) is 7.83. The van der Waals surface area contributed by atoms with Crippen LogP contribution in [0.5, 0.6) is 0 Å². The Morgan fingerprint density at radius 2 is 0.867 bits per heavy atom. The van der Waals surface area contributed by atoms with Crippen molar-refractivity contribution in [3.63, 3.8) is 0 Å². The predicted molar refractivity (Wildman–Crippen MR) is 55.9 cm³/mol. The Kier molecular flexibility index (Phi) is 6.34. The van der Waals surface area contributed by atoms with Crippen molar-refractivity contribution in [2.75, 3.05) is 11.5 Å². The monoisotopic (exact) mass is 260 g/mol. The molecule has 8 heteroatoms. The van der Waals surface area contributed by atoms with Crippen LogP contribution in [0, 0.1) is 0 Å². The van der Waals surface area contributed by atoms with Gasteiger partial charge in [0.15, 0.2) is 0 Å². The predicted octanol–water partition coefficient (Wildman–Crippen LogP) is 0.713. The molecular weight excluding hydrogens is 244 g/mol. The molecule has 6 nitrogen and oxygen atoms in total. The van der Waals surface area contributed by atoms with Crippen LogP contribution in [-0.2, 0) is 20.2 Å². The van der Waals surface area contributed by atoms with Crippen LogP contribution in [0.15, 0.2) is 0 Å². The Morgan fingerprint density at radius 1 is 0.600 bits per heavy atom. The summed E-state index contributed by atoms with van der Waals surface area (Å²) in [6, 6.07) is 0. The molecule has 92 valence electrons. The van der Waals surface area contributed by atoms with Gasteiger partial charge in [0.1, 0.15) is 0 Å². The van der Waals surface area contributed by atoms with Crippen molar-refractivity contribution >= 4 is 20.2 Å². The third kappa shape index (κ3) is 13.8. The van der Waals surface area contributed by atoms with E-state index in [0.29, 0.717) is 32.1 Å². The van der Waals surface area contributed by atoms with Crippen LogP contribution < -0.4 is 0 Å². The second-order valence-electron chi connectivity index (χ2n) is 3.34. The summed E-state index contributed by atoms with van der Waals surface area (Å²) in [6.07, 6.45) is 2.65. The molecule has 0 aliphatic heterocycles. The molecule has 0 rings (SSSR count). The van der Waals surface area contributed by atoms with E-state index >= 15 is 0 Å². The SMILES string of the molecule is O=S(=O)(O)CCCCCCCS(=O)(=O)O. The summed E-state index contributed by atoms with van der Waals surface area (Å²) >= 11 is 0. The minimum atomic E-state index is -3.88. The van der Waals surface area contributed by atoms with E-state index in [1.54, 1.807) is 0 Å². The fraction of sp³-hybridized carbons (Fsp3) is 1.00. The van der Waals surface area contributed by atoms with Crippen LogP contribution in [0.4, 0.5) is 0 Å². The van der Waals surface area contributed by atoms with Gasteiger partial charge in [-0.05, 0) is 12.8 Å². The average Bonchev–Trinajstić information content (AvgIpc) is 1.98. The van der Waals surface area contributed by atoms with Gasteiger partial charge in [-0.3, -0.25) is 9.11 Å². The lowest BCUT2D eigenvalue weighted by Gasteiger charge is -1.99. The smallest absolute Gasteiger partial charge is 0.264 e. The molecule has 2 N–H and O–H groups in total. The van der Waals surface area contributed by atoms with Gasteiger partial charge in [0, 0.05) is 0 Å². The average molecular weight is 260 g/mol. The Bertz CT molecular complexity index is 319. The molecule has 0 aliphatic carbocycles. The molecule has 15 heavy (non-hydrogen) atoms. The zero-order valence-corrected chi connectivity index (χ0v) is 9.93. The van der Waals surface area contributed by atoms with Gasteiger partial charge in [-0.1, -0.05) is 19.3 Å². The van der Waals surface area contributed by atoms with E-state index in [1.165, 1.54) is 0 Å². The van der Waals surface area contributed by atoms with E-state index in [4.69, 9.17) is 9.11 Å². The normalized spacial score (nSPS) is 12.9. The Balaban J connectivity index is 3.34. The van der Waals surface area contributed by atoms with Crippen LogP contribution in [-0.4, -0.2) is 37.4 Å². The summed E-state index contributed by atoms with van der Waals surface area (Å²) in [5.41, 5.74) is 0. The van der Waals surface area contributed by atoms with Crippen LogP contribution in [0.1, 0.15) is 32.1 Å². The number of hydrogen-bond acceptors (Lipinski definition) is 4. The van der Waals surface area contributed by atoms with E-state index < -0.39 is 20.2 Å². The third-order valence-corrected chi connectivity index (χ3v) is 3.41. The highest BCUT2D eigenvalue weighted by atomic mass is 32.2. The fourth-order valence-electron chi connectivity index (χ4n) is 1.10. The number of hydrogen-bond donors (Lipinski definition) is 2. The summed E-state index contributed by atoms with van der Waals surface area (Å²) in [7, 11) is -7.75. The zero-order chi connectivity index (χ0) is 11.9. The summed E-state index contributed by atoms with van der Waals surface area (Å²) in [5, 5.41) is 0. The lowest BCUT2D eigenvalue weighted by Crippen LogP contribution is -2.04. The molecule has 0 bridgehead atoms. The summed E-state index contributed by atoms with van der Waals surface area (Å²) < 4.78 is 58.0. The lowest BCUT2D eigenvalue weighted by molar-refractivity contribution is 0.478. The third-order valence-electron chi connectivity index (χ3n) is 1.80. The molecule has 0 aliphatic rings. The Hall–Kier alpha value is -0.180. The van der Waals surface area contributed by atoms with E-state index in [-0.39, 0.29) is 11.5 Å². The first-order valence-electron chi connectivity index (χ1n) is 4.61. The van der Waals surface area contributed by atoms with Gasteiger partial charge >= 0.3 is 0 Å². The van der Waals surface area contributed by atoms with Gasteiger partial charge in [-0.2, -0.15) is 16.8 Å². The van der Waals surface area contributed by atoms with Gasteiger partial charge < -0.3 is 0 Å². The van der Waals surface area contributed by atoms with Crippen LogP contribution in [0.2, 0.25) is 0 Å². The lowest BCUT2D eigenvalue weighted by atomic mass is 10.2. The van der Waals surface area contributed by atoms with Crippen molar-refractivity contribution in [3.05, 3.63) is 0 Å². The molecule has 0 saturated carbocycles. The quantitative estimate of drug-likeness (QED) is 0.491. The van der Waals surface area contributed by atoms with Crippen molar-refractivity contribution < 1.29 is 25.9 Å². The molecule has 0 unspecified atom stereocenters. The standard InChI is InChI=1S/C7H16O6S2/c8-14(9,10)6-4-2-1-3-5-7-15(11,12)13/h1-7H2,(H,8,9,10)(H,11,12,13). The van der Waals surface area contributed by atoms with Crippen molar-refractivity contribution in [2.45, 2.75) is 32.1 Å². The molecule has 0 fully saturated rings. The highest BCUT2D eigenvalue weighted by molar-refractivity contribution is 7.86. The first kappa shape index (κ1) is 14.8. The van der Waals surface area contributed by atoms with Crippen LogP contribution in [0.3, 0.4) is 0 Å². The van der Waals surface area contributed by atoms with Gasteiger partial charge in [0.2, 0.25) is 0 Å². The molecule has 0 heterocycles. The highest BCUT2D eigenvalue weighted by Gasteiger charge is 2.05. The number of rotatable bonds is 8. The van der Waals surface area contributed by atoms with Crippen molar-refractivity contribution in [1.29, 1.82) is 0 Å². The maximum absolute atomic E-state index is 10.3. The molecular formula is C7H16O6S2. The minimum Gasteiger partial charge on any atom is -0.286 e. The summed E-state index contributed by atoms with van der Waals surface area (Å²) in [6.45, 7) is 0. The molecule has 0 aromatic rings. The van der Waals surface area contributed by atoms with E-state index in [1.807, 2.05) is 0 Å². The van der Waals surface area contributed by atoms with Gasteiger partial charge in [0.25, 0.3) is 20.2 Å². The minimum absolute atomic E-state index is 0.259. The summed E-state index contributed by atoms with van der Waals surface area (Å²) in [4.78, 5) is 0. The van der Waals surface area contributed by atoms with Gasteiger partial charge in [0.05, 0.1) is 11.5 Å². The maximum atomic E-state index is 10.3. The van der Waals surface area contributed by atoms with Crippen molar-refractivity contribution in [1.82, 2.24) is 0 Å². The van der Waals surface area contributed by atoms with Crippen LogP contribution >= 0.6 is 0 Å². The molecule has 0 radical (unpaired) electrons.